The predicted molar refractivity (Wildman–Crippen MR) is 124 cm³/mol. The van der Waals surface area contributed by atoms with E-state index in [0.29, 0.717) is 35.5 Å². The molecule has 1 aromatic rings. The summed E-state index contributed by atoms with van der Waals surface area (Å²) < 4.78 is 5.43. The quantitative estimate of drug-likeness (QED) is 0.345. The van der Waals surface area contributed by atoms with E-state index in [9.17, 15) is 14.9 Å². The molecule has 1 saturated heterocycles. The Hall–Kier alpha value is -2.25. The van der Waals surface area contributed by atoms with Gasteiger partial charge in [-0.2, -0.15) is 0 Å². The zero-order valence-corrected chi connectivity index (χ0v) is 19.5. The van der Waals surface area contributed by atoms with E-state index >= 15 is 0 Å². The van der Waals surface area contributed by atoms with Crippen LogP contribution in [-0.4, -0.2) is 66.6 Å². The lowest BCUT2D eigenvalue weighted by atomic mass is 9.49. The van der Waals surface area contributed by atoms with Gasteiger partial charge in [0.1, 0.15) is 0 Å². The molecule has 5 rings (SSSR count). The molecule has 1 aromatic carbocycles. The number of nitro groups is 1. The van der Waals surface area contributed by atoms with Crippen molar-refractivity contribution in [2.45, 2.75) is 40.0 Å². The number of carbonyl (C=O) groups is 1. The second-order valence-electron chi connectivity index (χ2n) is 10.1. The summed E-state index contributed by atoms with van der Waals surface area (Å²) in [5.41, 5.74) is 2.64. The van der Waals surface area contributed by atoms with Gasteiger partial charge >= 0.3 is 0 Å². The van der Waals surface area contributed by atoms with Gasteiger partial charge in [-0.1, -0.05) is 31.6 Å². The van der Waals surface area contributed by atoms with E-state index in [1.54, 1.807) is 19.1 Å². The van der Waals surface area contributed by atoms with Gasteiger partial charge in [0.25, 0.3) is 11.6 Å². The zero-order valence-electron chi connectivity index (χ0n) is 19.5. The molecule has 0 radical (unpaired) electrons. The number of nitro benzene ring substituents is 1. The van der Waals surface area contributed by atoms with Gasteiger partial charge in [-0.3, -0.25) is 19.8 Å². The fourth-order valence-electron chi connectivity index (χ4n) is 5.56. The van der Waals surface area contributed by atoms with Crippen LogP contribution in [-0.2, 0) is 4.74 Å². The van der Waals surface area contributed by atoms with E-state index in [1.807, 2.05) is 4.90 Å². The fraction of sp³-hybridized carbons (Fsp3) is 0.640. The summed E-state index contributed by atoms with van der Waals surface area (Å²) in [4.78, 5) is 28.8. The van der Waals surface area contributed by atoms with Gasteiger partial charge in [0.15, 0.2) is 0 Å². The molecule has 2 fully saturated rings. The summed E-state index contributed by atoms with van der Waals surface area (Å²) >= 11 is 0. The molecule has 1 saturated carbocycles. The maximum Gasteiger partial charge on any atom is 0.273 e. The van der Waals surface area contributed by atoms with Crippen LogP contribution in [0.1, 0.15) is 49.0 Å². The van der Waals surface area contributed by atoms with Crippen LogP contribution in [0, 0.1) is 34.3 Å². The number of amides is 1. The number of hydrogen-bond acceptors (Lipinski definition) is 5. The highest BCUT2D eigenvalue weighted by Gasteiger charge is 2.51. The highest BCUT2D eigenvalue weighted by molar-refractivity contribution is 5.95. The lowest BCUT2D eigenvalue weighted by Crippen LogP contribution is -2.50. The van der Waals surface area contributed by atoms with Crippen LogP contribution in [0.2, 0.25) is 0 Å². The lowest BCUT2D eigenvalue weighted by Gasteiger charge is -2.57. The molecule has 174 valence electrons. The molecule has 0 aromatic heterocycles. The monoisotopic (exact) mass is 441 g/mol. The number of carbonyl (C=O) groups excluding carboxylic acids is 1. The number of ether oxygens (including phenoxy) is 1. The number of aryl methyl sites for hydroxylation is 1. The standard InChI is InChI=1S/C25H35N3O4/c1-18-5-6-19(15-23(18)28(30)31)24(29)27(10-4-9-26-11-13-32-14-12-26)17-20-7-8-21-16-22(20)25(21,2)3/h5-7,15,21-22H,4,8-14,16-17H2,1-3H3. The van der Waals surface area contributed by atoms with Crippen LogP contribution < -0.4 is 0 Å². The van der Waals surface area contributed by atoms with Crippen molar-refractivity contribution in [2.75, 3.05) is 45.9 Å². The number of morpholine rings is 1. The van der Waals surface area contributed by atoms with Gasteiger partial charge < -0.3 is 9.64 Å². The van der Waals surface area contributed by atoms with Crippen LogP contribution in [0.4, 0.5) is 5.69 Å². The van der Waals surface area contributed by atoms with Crippen molar-refractivity contribution in [3.05, 3.63) is 51.1 Å². The summed E-state index contributed by atoms with van der Waals surface area (Å²) in [6.45, 7) is 12.0. The van der Waals surface area contributed by atoms with E-state index in [2.05, 4.69) is 24.8 Å². The minimum Gasteiger partial charge on any atom is -0.379 e. The average molecular weight is 442 g/mol. The van der Waals surface area contributed by atoms with Crippen molar-refractivity contribution >= 4 is 11.6 Å². The third-order valence-corrected chi connectivity index (χ3v) is 7.90. The Morgan fingerprint density at radius 3 is 2.72 bits per heavy atom. The Morgan fingerprint density at radius 2 is 2.06 bits per heavy atom. The van der Waals surface area contributed by atoms with Crippen LogP contribution >= 0.6 is 0 Å². The van der Waals surface area contributed by atoms with Crippen molar-refractivity contribution in [1.29, 1.82) is 0 Å². The van der Waals surface area contributed by atoms with Gasteiger partial charge in [-0.05, 0) is 49.5 Å². The minimum absolute atomic E-state index is 0.00367. The van der Waals surface area contributed by atoms with Crippen molar-refractivity contribution in [2.24, 2.45) is 17.3 Å². The summed E-state index contributed by atoms with van der Waals surface area (Å²) in [6, 6.07) is 4.83. The largest absolute Gasteiger partial charge is 0.379 e. The van der Waals surface area contributed by atoms with Crippen molar-refractivity contribution in [1.82, 2.24) is 9.80 Å². The Bertz CT molecular complexity index is 904. The predicted octanol–water partition coefficient (Wildman–Crippen LogP) is 4.06. The van der Waals surface area contributed by atoms with Crippen molar-refractivity contribution < 1.29 is 14.5 Å². The van der Waals surface area contributed by atoms with Gasteiger partial charge in [0.2, 0.25) is 0 Å². The Kier molecular flexibility index (Phi) is 6.67. The number of rotatable bonds is 8. The number of benzene rings is 1. The normalized spacial score (nSPS) is 24.4. The van der Waals surface area contributed by atoms with Crippen LogP contribution in [0.5, 0.6) is 0 Å². The Balaban J connectivity index is 1.50. The first kappa shape index (κ1) is 22.9. The first-order valence-electron chi connectivity index (χ1n) is 11.8. The second-order valence-corrected chi connectivity index (χ2v) is 10.1. The molecule has 32 heavy (non-hydrogen) atoms. The van der Waals surface area contributed by atoms with E-state index < -0.39 is 4.92 Å². The van der Waals surface area contributed by atoms with Crippen LogP contribution in [0.15, 0.2) is 29.8 Å². The zero-order chi connectivity index (χ0) is 22.9. The van der Waals surface area contributed by atoms with E-state index in [0.717, 1.165) is 51.6 Å². The molecule has 2 atom stereocenters. The molecule has 0 N–H and O–H groups in total. The maximum absolute atomic E-state index is 13.5. The van der Waals surface area contributed by atoms with E-state index in [-0.39, 0.29) is 11.6 Å². The molecule has 2 unspecified atom stereocenters. The van der Waals surface area contributed by atoms with Crippen LogP contribution in [0.25, 0.3) is 0 Å². The Labute approximate surface area is 190 Å². The fourth-order valence-corrected chi connectivity index (χ4v) is 5.56. The van der Waals surface area contributed by atoms with Gasteiger partial charge in [0.05, 0.1) is 18.1 Å². The molecule has 4 aliphatic rings. The van der Waals surface area contributed by atoms with Gasteiger partial charge in [-0.25, -0.2) is 0 Å². The SMILES string of the molecule is Cc1ccc(C(=O)N(CCCN2CCOCC2)CC2=CCC3CC2C3(C)C)cc1[N+](=O)[O-]. The van der Waals surface area contributed by atoms with E-state index in [1.165, 1.54) is 18.1 Å². The van der Waals surface area contributed by atoms with Gasteiger partial charge in [-0.15, -0.1) is 0 Å². The minimum atomic E-state index is -0.407. The molecular formula is C25H35N3O4. The van der Waals surface area contributed by atoms with Gasteiger partial charge in [0, 0.05) is 49.9 Å². The molecule has 7 heteroatoms. The lowest BCUT2D eigenvalue weighted by molar-refractivity contribution is -0.385. The number of hydrogen-bond donors (Lipinski definition) is 0. The molecule has 7 nitrogen and oxygen atoms in total. The van der Waals surface area contributed by atoms with Crippen LogP contribution in [0.3, 0.4) is 0 Å². The number of nitrogens with zero attached hydrogens (tertiary/aromatic N) is 3. The second kappa shape index (κ2) is 9.32. The molecule has 1 aliphatic heterocycles. The average Bonchev–Trinajstić information content (AvgIpc) is 2.78. The Morgan fingerprint density at radius 1 is 1.31 bits per heavy atom. The summed E-state index contributed by atoms with van der Waals surface area (Å²) in [5, 5.41) is 11.4. The molecule has 0 spiro atoms. The third kappa shape index (κ3) is 4.59. The smallest absolute Gasteiger partial charge is 0.273 e. The molecule has 1 heterocycles. The highest BCUT2D eigenvalue weighted by Crippen LogP contribution is 2.59. The van der Waals surface area contributed by atoms with Crippen molar-refractivity contribution in [3.8, 4) is 0 Å². The first-order valence-corrected chi connectivity index (χ1v) is 11.8. The maximum atomic E-state index is 13.5. The topological polar surface area (TPSA) is 75.9 Å². The summed E-state index contributed by atoms with van der Waals surface area (Å²) in [5.74, 6) is 1.17. The molecule has 3 aliphatic carbocycles. The highest BCUT2D eigenvalue weighted by atomic mass is 16.6. The first-order chi connectivity index (χ1) is 15.3. The summed E-state index contributed by atoms with van der Waals surface area (Å²) in [6.07, 6.45) is 5.52. The molecule has 2 bridgehead atoms. The molecule has 1 amide bonds. The van der Waals surface area contributed by atoms with Crippen molar-refractivity contribution in [3.63, 3.8) is 0 Å². The third-order valence-electron chi connectivity index (χ3n) is 7.90. The number of allylic oxidation sites excluding steroid dienone is 1. The number of fused-ring (bicyclic) bond motifs is 1. The molecular weight excluding hydrogens is 406 g/mol. The summed E-state index contributed by atoms with van der Waals surface area (Å²) in [7, 11) is 0. The van der Waals surface area contributed by atoms with E-state index in [4.69, 9.17) is 4.74 Å².